The highest BCUT2D eigenvalue weighted by molar-refractivity contribution is 6.30. The lowest BCUT2D eigenvalue weighted by Crippen LogP contribution is -2.20. The minimum Gasteiger partial charge on any atom is -0.326 e. The lowest BCUT2D eigenvalue weighted by molar-refractivity contribution is -0.124. The zero-order valence-corrected chi connectivity index (χ0v) is 13.1. The summed E-state index contributed by atoms with van der Waals surface area (Å²) in [5, 5.41) is 7.18. The molecule has 0 aromatic heterocycles. The smallest absolute Gasteiger partial charge is 0.240 e. The second-order valence-corrected chi connectivity index (χ2v) is 5.20. The molecule has 2 aromatic carbocycles. The largest absolute Gasteiger partial charge is 0.326 e. The van der Waals surface area contributed by atoms with E-state index >= 15 is 0 Å². The van der Waals surface area contributed by atoms with Crippen LogP contribution in [0.15, 0.2) is 59.7 Å². The van der Waals surface area contributed by atoms with Gasteiger partial charge in [0.1, 0.15) is 0 Å². The molecule has 6 heteroatoms. The molecule has 2 aromatic rings. The third kappa shape index (κ3) is 6.32. The number of para-hydroxylation sites is 1. The van der Waals surface area contributed by atoms with Gasteiger partial charge in [0.05, 0.1) is 6.21 Å². The van der Waals surface area contributed by atoms with Crippen molar-refractivity contribution in [1.82, 2.24) is 5.43 Å². The van der Waals surface area contributed by atoms with Crippen LogP contribution in [-0.4, -0.2) is 18.0 Å². The summed E-state index contributed by atoms with van der Waals surface area (Å²) in [5.41, 5.74) is 3.91. The van der Waals surface area contributed by atoms with E-state index in [9.17, 15) is 9.59 Å². The maximum absolute atomic E-state index is 11.7. The van der Waals surface area contributed by atoms with E-state index < -0.39 is 0 Å². The number of rotatable bonds is 6. The van der Waals surface area contributed by atoms with Crippen LogP contribution in [0.4, 0.5) is 5.69 Å². The van der Waals surface area contributed by atoms with Gasteiger partial charge in [-0.3, -0.25) is 9.59 Å². The Balaban J connectivity index is 1.70. The van der Waals surface area contributed by atoms with Crippen LogP contribution in [0.1, 0.15) is 18.4 Å². The van der Waals surface area contributed by atoms with Crippen LogP contribution in [0.2, 0.25) is 5.02 Å². The first-order valence-electron chi connectivity index (χ1n) is 7.06. The minimum atomic E-state index is -0.321. The van der Waals surface area contributed by atoms with Crippen molar-refractivity contribution in [1.29, 1.82) is 0 Å². The molecule has 0 bridgehead atoms. The summed E-state index contributed by atoms with van der Waals surface area (Å²) >= 11 is 5.77. The SMILES string of the molecule is O=C(CCC(=O)Nc1ccccc1)N/N=C\c1ccc(Cl)cc1. The Kier molecular flexibility index (Phi) is 6.32. The Morgan fingerprint density at radius 2 is 1.61 bits per heavy atom. The number of amides is 2. The second-order valence-electron chi connectivity index (χ2n) is 4.76. The molecule has 2 rings (SSSR count). The molecule has 0 aliphatic heterocycles. The van der Waals surface area contributed by atoms with Gasteiger partial charge >= 0.3 is 0 Å². The van der Waals surface area contributed by atoms with Crippen LogP contribution in [-0.2, 0) is 9.59 Å². The number of benzene rings is 2. The highest BCUT2D eigenvalue weighted by atomic mass is 35.5. The van der Waals surface area contributed by atoms with Crippen molar-refractivity contribution in [2.75, 3.05) is 5.32 Å². The lowest BCUT2D eigenvalue weighted by atomic mass is 10.2. The number of hydrogen-bond acceptors (Lipinski definition) is 3. The van der Waals surface area contributed by atoms with Crippen molar-refractivity contribution in [2.45, 2.75) is 12.8 Å². The van der Waals surface area contributed by atoms with Crippen LogP contribution >= 0.6 is 11.6 Å². The Labute approximate surface area is 139 Å². The second kappa shape index (κ2) is 8.70. The fourth-order valence-electron chi connectivity index (χ4n) is 1.76. The van der Waals surface area contributed by atoms with E-state index in [0.717, 1.165) is 5.56 Å². The third-order valence-electron chi connectivity index (χ3n) is 2.91. The minimum absolute atomic E-state index is 0.0661. The molecule has 0 aliphatic carbocycles. The number of carbonyl (C=O) groups excluding carboxylic acids is 2. The molecule has 0 spiro atoms. The first-order chi connectivity index (χ1) is 11.1. The summed E-state index contributed by atoms with van der Waals surface area (Å²) in [6.07, 6.45) is 1.67. The predicted molar refractivity (Wildman–Crippen MR) is 91.5 cm³/mol. The van der Waals surface area contributed by atoms with E-state index in [1.807, 2.05) is 18.2 Å². The van der Waals surface area contributed by atoms with Gasteiger partial charge in [0.2, 0.25) is 11.8 Å². The number of hydrogen-bond donors (Lipinski definition) is 2. The van der Waals surface area contributed by atoms with Gasteiger partial charge in [-0.05, 0) is 29.8 Å². The molecule has 0 aliphatic rings. The lowest BCUT2D eigenvalue weighted by Gasteiger charge is -2.04. The molecular weight excluding hydrogens is 314 g/mol. The highest BCUT2D eigenvalue weighted by Crippen LogP contribution is 2.08. The standard InChI is InChI=1S/C17H16ClN3O2/c18-14-8-6-13(7-9-14)12-19-21-17(23)11-10-16(22)20-15-4-2-1-3-5-15/h1-9,12H,10-11H2,(H,20,22)(H,21,23)/b19-12-. The highest BCUT2D eigenvalue weighted by Gasteiger charge is 2.06. The Morgan fingerprint density at radius 3 is 2.30 bits per heavy atom. The number of nitrogens with zero attached hydrogens (tertiary/aromatic N) is 1. The Morgan fingerprint density at radius 1 is 0.957 bits per heavy atom. The molecule has 23 heavy (non-hydrogen) atoms. The zero-order valence-electron chi connectivity index (χ0n) is 12.3. The first-order valence-corrected chi connectivity index (χ1v) is 7.43. The number of nitrogens with one attached hydrogen (secondary N) is 2. The van der Waals surface area contributed by atoms with E-state index in [2.05, 4.69) is 15.8 Å². The molecule has 0 atom stereocenters. The molecule has 0 radical (unpaired) electrons. The molecule has 5 nitrogen and oxygen atoms in total. The summed E-state index contributed by atoms with van der Waals surface area (Å²) in [6.45, 7) is 0. The number of halogens is 1. The van der Waals surface area contributed by atoms with E-state index in [1.165, 1.54) is 6.21 Å². The molecule has 2 amide bonds. The van der Waals surface area contributed by atoms with Gasteiger partial charge in [-0.1, -0.05) is 41.9 Å². The third-order valence-corrected chi connectivity index (χ3v) is 3.16. The van der Waals surface area contributed by atoms with Crippen molar-refractivity contribution in [3.05, 3.63) is 65.2 Å². The maximum Gasteiger partial charge on any atom is 0.240 e. The van der Waals surface area contributed by atoms with Gasteiger partial charge in [0, 0.05) is 23.6 Å². The van der Waals surface area contributed by atoms with E-state index in [4.69, 9.17) is 11.6 Å². The molecular formula is C17H16ClN3O2. The van der Waals surface area contributed by atoms with Gasteiger partial charge in [0.15, 0.2) is 0 Å². The Bertz CT molecular complexity index is 685. The van der Waals surface area contributed by atoms with E-state index in [1.54, 1.807) is 36.4 Å². The summed E-state index contributed by atoms with van der Waals surface area (Å²) in [5.74, 6) is -0.536. The van der Waals surface area contributed by atoms with Gasteiger partial charge in [-0.15, -0.1) is 0 Å². The zero-order chi connectivity index (χ0) is 16.5. The quantitative estimate of drug-likeness (QED) is 0.631. The van der Waals surface area contributed by atoms with Crippen molar-refractivity contribution in [2.24, 2.45) is 5.10 Å². The normalized spacial score (nSPS) is 10.5. The van der Waals surface area contributed by atoms with Gasteiger partial charge in [-0.25, -0.2) is 5.43 Å². The molecule has 0 unspecified atom stereocenters. The van der Waals surface area contributed by atoms with Gasteiger partial charge in [-0.2, -0.15) is 5.10 Å². The Hall–Kier alpha value is -2.66. The molecule has 118 valence electrons. The average molecular weight is 330 g/mol. The average Bonchev–Trinajstić information content (AvgIpc) is 2.56. The van der Waals surface area contributed by atoms with E-state index in [0.29, 0.717) is 10.7 Å². The predicted octanol–water partition coefficient (Wildman–Crippen LogP) is 3.21. The van der Waals surface area contributed by atoms with E-state index in [-0.39, 0.29) is 24.7 Å². The molecule has 2 N–H and O–H groups in total. The van der Waals surface area contributed by atoms with Crippen LogP contribution in [0.3, 0.4) is 0 Å². The van der Waals surface area contributed by atoms with Crippen molar-refractivity contribution >= 4 is 35.3 Å². The summed E-state index contributed by atoms with van der Waals surface area (Å²) < 4.78 is 0. The van der Waals surface area contributed by atoms with Crippen molar-refractivity contribution < 1.29 is 9.59 Å². The number of anilines is 1. The number of hydrazone groups is 1. The van der Waals surface area contributed by atoms with Crippen molar-refractivity contribution in [3.63, 3.8) is 0 Å². The van der Waals surface area contributed by atoms with Crippen LogP contribution in [0.25, 0.3) is 0 Å². The summed E-state index contributed by atoms with van der Waals surface area (Å²) in [6, 6.07) is 16.1. The topological polar surface area (TPSA) is 70.6 Å². The molecule has 0 saturated heterocycles. The molecule has 0 fully saturated rings. The first kappa shape index (κ1) is 16.7. The maximum atomic E-state index is 11.7. The molecule has 0 saturated carbocycles. The number of carbonyl (C=O) groups is 2. The molecule has 0 heterocycles. The van der Waals surface area contributed by atoms with Crippen LogP contribution in [0.5, 0.6) is 0 Å². The fraction of sp³-hybridized carbons (Fsp3) is 0.118. The summed E-state index contributed by atoms with van der Waals surface area (Å²) in [4.78, 5) is 23.3. The van der Waals surface area contributed by atoms with Crippen molar-refractivity contribution in [3.8, 4) is 0 Å². The van der Waals surface area contributed by atoms with Gasteiger partial charge < -0.3 is 5.32 Å². The summed E-state index contributed by atoms with van der Waals surface area (Å²) in [7, 11) is 0. The van der Waals surface area contributed by atoms with Crippen LogP contribution < -0.4 is 10.7 Å². The van der Waals surface area contributed by atoms with Crippen LogP contribution in [0, 0.1) is 0 Å². The van der Waals surface area contributed by atoms with Gasteiger partial charge in [0.25, 0.3) is 0 Å². The fourth-order valence-corrected chi connectivity index (χ4v) is 1.88. The monoisotopic (exact) mass is 329 g/mol.